The van der Waals surface area contributed by atoms with Crippen molar-refractivity contribution in [3.8, 4) is 5.75 Å². The lowest BCUT2D eigenvalue weighted by molar-refractivity contribution is 0.0939. The van der Waals surface area contributed by atoms with E-state index < -0.39 is 0 Å². The van der Waals surface area contributed by atoms with Crippen LogP contribution in [0.3, 0.4) is 0 Å². The highest BCUT2D eigenvalue weighted by molar-refractivity contribution is 5.94. The van der Waals surface area contributed by atoms with Gasteiger partial charge in [0.1, 0.15) is 18.1 Å². The van der Waals surface area contributed by atoms with Crippen molar-refractivity contribution in [2.75, 3.05) is 0 Å². The minimum absolute atomic E-state index is 0.141. The van der Waals surface area contributed by atoms with Gasteiger partial charge in [-0.15, -0.1) is 0 Å². The van der Waals surface area contributed by atoms with E-state index in [0.717, 1.165) is 28.3 Å². The second kappa shape index (κ2) is 7.65. The largest absolute Gasteiger partial charge is 0.489 e. The maximum absolute atomic E-state index is 12.6. The number of nitrogens with one attached hydrogen (secondary N) is 1. The van der Waals surface area contributed by atoms with E-state index in [2.05, 4.69) is 15.6 Å². The van der Waals surface area contributed by atoms with E-state index in [9.17, 15) is 4.79 Å². The number of aromatic nitrogens is 3. The highest BCUT2D eigenvalue weighted by Gasteiger charge is 2.16. The summed E-state index contributed by atoms with van der Waals surface area (Å²) in [6, 6.07) is 6.98. The third-order valence-electron chi connectivity index (χ3n) is 4.53. The van der Waals surface area contributed by atoms with Crippen LogP contribution < -0.4 is 10.1 Å². The van der Waals surface area contributed by atoms with Gasteiger partial charge in [0.2, 0.25) is 0 Å². The number of rotatable bonds is 6. The molecule has 0 radical (unpaired) electrons. The van der Waals surface area contributed by atoms with Gasteiger partial charge < -0.3 is 14.6 Å². The van der Waals surface area contributed by atoms with Gasteiger partial charge in [0.05, 0.1) is 23.0 Å². The van der Waals surface area contributed by atoms with E-state index in [0.29, 0.717) is 17.9 Å². The van der Waals surface area contributed by atoms with Crippen molar-refractivity contribution in [1.29, 1.82) is 0 Å². The molecule has 27 heavy (non-hydrogen) atoms. The number of hydrogen-bond donors (Lipinski definition) is 1. The molecule has 1 unspecified atom stereocenters. The second-order valence-corrected chi connectivity index (χ2v) is 6.66. The molecule has 2 aromatic heterocycles. The summed E-state index contributed by atoms with van der Waals surface area (Å²) >= 11 is 0. The van der Waals surface area contributed by atoms with Crippen molar-refractivity contribution in [1.82, 2.24) is 20.3 Å². The van der Waals surface area contributed by atoms with E-state index in [1.807, 2.05) is 47.0 Å². The molecule has 1 atom stereocenters. The lowest BCUT2D eigenvalue weighted by Gasteiger charge is -2.14. The fourth-order valence-electron chi connectivity index (χ4n) is 2.99. The van der Waals surface area contributed by atoms with E-state index in [1.165, 1.54) is 0 Å². The van der Waals surface area contributed by atoms with Crippen LogP contribution in [0.1, 0.15) is 51.6 Å². The molecule has 0 aliphatic carbocycles. The quantitative estimate of drug-likeness (QED) is 0.721. The molecule has 2 heterocycles. The first-order chi connectivity index (χ1) is 12.8. The zero-order valence-corrected chi connectivity index (χ0v) is 16.2. The molecule has 1 amide bonds. The molecule has 3 rings (SSSR count). The zero-order chi connectivity index (χ0) is 19.6. The lowest BCUT2D eigenvalue weighted by Crippen LogP contribution is -2.26. The van der Waals surface area contributed by atoms with E-state index in [-0.39, 0.29) is 11.9 Å². The third-order valence-corrected chi connectivity index (χ3v) is 4.53. The van der Waals surface area contributed by atoms with Gasteiger partial charge in [0.15, 0.2) is 0 Å². The van der Waals surface area contributed by atoms with Crippen molar-refractivity contribution in [2.45, 2.75) is 40.3 Å². The summed E-state index contributed by atoms with van der Waals surface area (Å²) in [6.45, 7) is 7.95. The Kier molecular flexibility index (Phi) is 5.30. The number of ether oxygens (including phenoxy) is 1. The Morgan fingerprint density at radius 1 is 1.30 bits per heavy atom. The second-order valence-electron chi connectivity index (χ2n) is 6.66. The standard InChI is InChI=1S/C20H24N4O3/c1-12(18-10-24(5)22-13(18)2)21-20(25)16-7-6-8-17(9-16)26-11-19-14(3)23-27-15(19)4/h6-10,12H,11H2,1-5H3,(H,21,25). The van der Waals surface area contributed by atoms with Crippen molar-refractivity contribution >= 4 is 5.91 Å². The van der Waals surface area contributed by atoms with Gasteiger partial charge in [-0.25, -0.2) is 0 Å². The first-order valence-electron chi connectivity index (χ1n) is 8.80. The molecule has 1 N–H and O–H groups in total. The van der Waals surface area contributed by atoms with Crippen LogP contribution in [0.15, 0.2) is 35.0 Å². The Bertz CT molecular complexity index is 939. The number of carbonyl (C=O) groups is 1. The van der Waals surface area contributed by atoms with Crippen LogP contribution in [0, 0.1) is 20.8 Å². The van der Waals surface area contributed by atoms with Crippen molar-refractivity contribution in [3.63, 3.8) is 0 Å². The normalized spacial score (nSPS) is 12.0. The number of amides is 1. The highest BCUT2D eigenvalue weighted by Crippen LogP contribution is 2.20. The van der Waals surface area contributed by atoms with Gasteiger partial charge >= 0.3 is 0 Å². The Labute approximate surface area is 158 Å². The van der Waals surface area contributed by atoms with Crippen LogP contribution in [0.5, 0.6) is 5.75 Å². The van der Waals surface area contributed by atoms with E-state index in [1.54, 1.807) is 22.9 Å². The first kappa shape index (κ1) is 18.7. The summed E-state index contributed by atoms with van der Waals surface area (Å²) in [6.07, 6.45) is 1.92. The van der Waals surface area contributed by atoms with Crippen LogP contribution in [-0.4, -0.2) is 20.8 Å². The maximum atomic E-state index is 12.6. The average molecular weight is 368 g/mol. The molecule has 0 spiro atoms. The topological polar surface area (TPSA) is 82.2 Å². The summed E-state index contributed by atoms with van der Waals surface area (Å²) in [5, 5.41) is 11.2. The number of carbonyl (C=O) groups excluding carboxylic acids is 1. The van der Waals surface area contributed by atoms with Crippen LogP contribution in [0.2, 0.25) is 0 Å². The number of benzene rings is 1. The van der Waals surface area contributed by atoms with E-state index in [4.69, 9.17) is 9.26 Å². The predicted molar refractivity (Wildman–Crippen MR) is 101 cm³/mol. The Morgan fingerprint density at radius 3 is 2.70 bits per heavy atom. The Balaban J connectivity index is 1.67. The lowest BCUT2D eigenvalue weighted by atomic mass is 10.1. The summed E-state index contributed by atoms with van der Waals surface area (Å²) in [4.78, 5) is 12.6. The summed E-state index contributed by atoms with van der Waals surface area (Å²) < 4.78 is 12.7. The van der Waals surface area contributed by atoms with Gasteiger partial charge in [0, 0.05) is 24.4 Å². The van der Waals surface area contributed by atoms with Crippen molar-refractivity contribution < 1.29 is 14.1 Å². The molecule has 0 aliphatic heterocycles. The smallest absolute Gasteiger partial charge is 0.251 e. The van der Waals surface area contributed by atoms with Crippen LogP contribution in [0.4, 0.5) is 0 Å². The monoisotopic (exact) mass is 368 g/mol. The predicted octanol–water partition coefficient (Wildman–Crippen LogP) is 3.40. The molecule has 0 bridgehead atoms. The van der Waals surface area contributed by atoms with Crippen LogP contribution in [-0.2, 0) is 13.7 Å². The minimum atomic E-state index is -0.159. The Hall–Kier alpha value is -3.09. The molecule has 0 fully saturated rings. The molecule has 7 heteroatoms. The fourth-order valence-corrected chi connectivity index (χ4v) is 2.99. The molecular weight excluding hydrogens is 344 g/mol. The number of hydrogen-bond acceptors (Lipinski definition) is 5. The minimum Gasteiger partial charge on any atom is -0.489 e. The molecule has 142 valence electrons. The number of nitrogens with zero attached hydrogens (tertiary/aromatic N) is 3. The van der Waals surface area contributed by atoms with Crippen molar-refractivity contribution in [3.05, 3.63) is 64.3 Å². The highest BCUT2D eigenvalue weighted by atomic mass is 16.5. The molecule has 0 aliphatic rings. The summed E-state index contributed by atoms with van der Waals surface area (Å²) in [5.41, 5.74) is 4.17. The Morgan fingerprint density at radius 2 is 2.07 bits per heavy atom. The van der Waals surface area contributed by atoms with Crippen molar-refractivity contribution in [2.24, 2.45) is 7.05 Å². The van der Waals surface area contributed by atoms with Gasteiger partial charge in [0.25, 0.3) is 5.91 Å². The van der Waals surface area contributed by atoms with Gasteiger partial charge in [-0.05, 0) is 45.9 Å². The van der Waals surface area contributed by atoms with Gasteiger partial charge in [-0.2, -0.15) is 5.10 Å². The SMILES string of the molecule is Cc1nn(C)cc1C(C)NC(=O)c1cccc(OCc2c(C)noc2C)c1. The van der Waals surface area contributed by atoms with Gasteiger partial charge in [-0.1, -0.05) is 11.2 Å². The first-order valence-corrected chi connectivity index (χ1v) is 8.80. The fraction of sp³-hybridized carbons (Fsp3) is 0.350. The number of aryl methyl sites for hydroxylation is 4. The maximum Gasteiger partial charge on any atom is 0.251 e. The molecule has 0 saturated heterocycles. The average Bonchev–Trinajstić information content (AvgIpc) is 3.14. The van der Waals surface area contributed by atoms with Gasteiger partial charge in [-0.3, -0.25) is 9.48 Å². The molecule has 1 aromatic carbocycles. The zero-order valence-electron chi connectivity index (χ0n) is 16.2. The summed E-state index contributed by atoms with van der Waals surface area (Å²) in [7, 11) is 1.87. The molecular formula is C20H24N4O3. The molecule has 0 saturated carbocycles. The van der Waals surface area contributed by atoms with Crippen LogP contribution >= 0.6 is 0 Å². The van der Waals surface area contributed by atoms with E-state index >= 15 is 0 Å². The molecule has 3 aromatic rings. The summed E-state index contributed by atoms with van der Waals surface area (Å²) in [5.74, 6) is 1.20. The van der Waals surface area contributed by atoms with Crippen LogP contribution in [0.25, 0.3) is 0 Å². The molecule has 7 nitrogen and oxygen atoms in total. The third kappa shape index (κ3) is 4.19.